The highest BCUT2D eigenvalue weighted by Crippen LogP contribution is 2.16. The van der Waals surface area contributed by atoms with E-state index in [0.29, 0.717) is 12.4 Å². The summed E-state index contributed by atoms with van der Waals surface area (Å²) in [4.78, 5) is 10.5. The van der Waals surface area contributed by atoms with Crippen molar-refractivity contribution in [2.24, 2.45) is 0 Å². The summed E-state index contributed by atoms with van der Waals surface area (Å²) in [5.41, 5.74) is 4.99. The second kappa shape index (κ2) is 5.31. The smallest absolute Gasteiger partial charge is 0.134 e. The second-order valence-electron chi connectivity index (χ2n) is 4.99. The molecule has 5 nitrogen and oxygen atoms in total. The van der Waals surface area contributed by atoms with Gasteiger partial charge in [-0.15, -0.1) is 0 Å². The number of aliphatic hydroxyl groups is 1. The van der Waals surface area contributed by atoms with Gasteiger partial charge in [0.05, 0.1) is 5.60 Å². The number of nitrogen functional groups attached to an aromatic ring is 1. The number of likely N-dealkylation sites (N-methyl/N-ethyl adjacent to an activating group) is 1. The van der Waals surface area contributed by atoms with Crippen molar-refractivity contribution in [3.05, 3.63) is 11.9 Å². The van der Waals surface area contributed by atoms with Crippen LogP contribution in [0.3, 0.4) is 0 Å². The van der Waals surface area contributed by atoms with Gasteiger partial charge in [-0.2, -0.15) is 0 Å². The van der Waals surface area contributed by atoms with Gasteiger partial charge in [0.1, 0.15) is 17.5 Å². The zero-order valence-corrected chi connectivity index (χ0v) is 11.1. The highest BCUT2D eigenvalue weighted by atomic mass is 16.3. The monoisotopic (exact) mass is 238 g/mol. The number of hydrogen-bond donors (Lipinski definition) is 2. The lowest BCUT2D eigenvalue weighted by Gasteiger charge is -2.26. The summed E-state index contributed by atoms with van der Waals surface area (Å²) in [5.74, 6) is 1.98. The molecule has 0 aliphatic heterocycles. The Morgan fingerprint density at radius 3 is 2.59 bits per heavy atom. The Morgan fingerprint density at radius 1 is 1.41 bits per heavy atom. The minimum absolute atomic E-state index is 0.473. The maximum Gasteiger partial charge on any atom is 0.134 e. The number of aryl methyl sites for hydroxylation is 1. The molecule has 5 heteroatoms. The van der Waals surface area contributed by atoms with Gasteiger partial charge in [0.15, 0.2) is 0 Å². The van der Waals surface area contributed by atoms with Crippen LogP contribution in [0.1, 0.15) is 33.0 Å². The molecule has 17 heavy (non-hydrogen) atoms. The van der Waals surface area contributed by atoms with E-state index in [0.717, 1.165) is 24.5 Å². The van der Waals surface area contributed by atoms with Crippen LogP contribution in [-0.4, -0.2) is 34.3 Å². The van der Waals surface area contributed by atoms with Gasteiger partial charge in [0, 0.05) is 26.1 Å². The molecule has 1 heterocycles. The van der Waals surface area contributed by atoms with Crippen LogP contribution in [-0.2, 0) is 6.42 Å². The molecule has 0 unspecified atom stereocenters. The standard InChI is InChI=1S/C12H22N4O/c1-5-6-10-14-9(13)7-11(15-10)16(4)8-12(2,3)17/h7,17H,5-6,8H2,1-4H3,(H2,13,14,15). The van der Waals surface area contributed by atoms with E-state index in [1.165, 1.54) is 0 Å². The van der Waals surface area contributed by atoms with Gasteiger partial charge in [-0.05, 0) is 20.3 Å². The molecule has 0 atom stereocenters. The topological polar surface area (TPSA) is 75.3 Å². The summed E-state index contributed by atoms with van der Waals surface area (Å²) >= 11 is 0. The summed E-state index contributed by atoms with van der Waals surface area (Å²) < 4.78 is 0. The average Bonchev–Trinajstić information content (AvgIpc) is 2.14. The largest absolute Gasteiger partial charge is 0.389 e. The molecular formula is C12H22N4O. The first-order valence-corrected chi connectivity index (χ1v) is 5.89. The number of nitrogens with zero attached hydrogens (tertiary/aromatic N) is 3. The van der Waals surface area contributed by atoms with Crippen LogP contribution in [0, 0.1) is 0 Å². The van der Waals surface area contributed by atoms with Crippen molar-refractivity contribution in [2.75, 3.05) is 24.2 Å². The summed E-state index contributed by atoms with van der Waals surface area (Å²) in [6.45, 7) is 6.10. The van der Waals surface area contributed by atoms with Gasteiger partial charge in [-0.3, -0.25) is 0 Å². The van der Waals surface area contributed by atoms with E-state index in [1.54, 1.807) is 19.9 Å². The van der Waals surface area contributed by atoms with E-state index < -0.39 is 5.60 Å². The normalized spacial score (nSPS) is 11.6. The van der Waals surface area contributed by atoms with Crippen LogP contribution < -0.4 is 10.6 Å². The van der Waals surface area contributed by atoms with Gasteiger partial charge in [-0.1, -0.05) is 6.92 Å². The van der Waals surface area contributed by atoms with Crippen LogP contribution in [0.5, 0.6) is 0 Å². The fraction of sp³-hybridized carbons (Fsp3) is 0.667. The molecule has 1 aromatic heterocycles. The zero-order chi connectivity index (χ0) is 13.1. The highest BCUT2D eigenvalue weighted by Gasteiger charge is 2.17. The Labute approximate surface area is 103 Å². The fourth-order valence-electron chi connectivity index (χ4n) is 1.70. The molecule has 0 aliphatic carbocycles. The van der Waals surface area contributed by atoms with Crippen molar-refractivity contribution in [2.45, 2.75) is 39.2 Å². The molecule has 1 aromatic rings. The van der Waals surface area contributed by atoms with E-state index in [4.69, 9.17) is 5.73 Å². The fourth-order valence-corrected chi connectivity index (χ4v) is 1.70. The molecule has 1 rings (SSSR count). The van der Waals surface area contributed by atoms with Crippen molar-refractivity contribution >= 4 is 11.6 Å². The van der Waals surface area contributed by atoms with E-state index in [2.05, 4.69) is 16.9 Å². The van der Waals surface area contributed by atoms with E-state index in [-0.39, 0.29) is 0 Å². The molecule has 0 bridgehead atoms. The quantitative estimate of drug-likeness (QED) is 0.806. The number of aromatic nitrogens is 2. The molecular weight excluding hydrogens is 216 g/mol. The van der Waals surface area contributed by atoms with Crippen LogP contribution in [0.15, 0.2) is 6.07 Å². The van der Waals surface area contributed by atoms with E-state index >= 15 is 0 Å². The highest BCUT2D eigenvalue weighted by molar-refractivity contribution is 5.46. The molecule has 0 saturated carbocycles. The predicted molar refractivity (Wildman–Crippen MR) is 70.0 cm³/mol. The Hall–Kier alpha value is -1.36. The molecule has 0 radical (unpaired) electrons. The third-order valence-corrected chi connectivity index (χ3v) is 2.27. The van der Waals surface area contributed by atoms with Gasteiger partial charge in [0.2, 0.25) is 0 Å². The molecule has 0 spiro atoms. The Bertz CT molecular complexity index is 373. The third-order valence-electron chi connectivity index (χ3n) is 2.27. The molecule has 0 saturated heterocycles. The molecule has 3 N–H and O–H groups in total. The van der Waals surface area contributed by atoms with Crippen molar-refractivity contribution in [1.82, 2.24) is 9.97 Å². The van der Waals surface area contributed by atoms with Crippen LogP contribution in [0.2, 0.25) is 0 Å². The number of nitrogens with two attached hydrogens (primary N) is 1. The van der Waals surface area contributed by atoms with Gasteiger partial charge in [-0.25, -0.2) is 9.97 Å². The Kier molecular flexibility index (Phi) is 4.28. The van der Waals surface area contributed by atoms with Crippen molar-refractivity contribution in [1.29, 1.82) is 0 Å². The first kappa shape index (κ1) is 13.7. The number of anilines is 2. The Balaban J connectivity index is 2.89. The summed E-state index contributed by atoms with van der Waals surface area (Å²) in [6.07, 6.45) is 1.80. The van der Waals surface area contributed by atoms with Crippen molar-refractivity contribution < 1.29 is 5.11 Å². The zero-order valence-electron chi connectivity index (χ0n) is 11.1. The summed E-state index contributed by atoms with van der Waals surface area (Å²) in [6, 6.07) is 1.73. The van der Waals surface area contributed by atoms with Gasteiger partial charge >= 0.3 is 0 Å². The SMILES string of the molecule is CCCc1nc(N)cc(N(C)CC(C)(C)O)n1. The molecule has 96 valence electrons. The average molecular weight is 238 g/mol. The lowest BCUT2D eigenvalue weighted by atomic mass is 10.1. The van der Waals surface area contributed by atoms with Gasteiger partial charge < -0.3 is 15.7 Å². The lowest BCUT2D eigenvalue weighted by Crippen LogP contribution is -2.36. The second-order valence-corrected chi connectivity index (χ2v) is 4.99. The van der Waals surface area contributed by atoms with Crippen molar-refractivity contribution in [3.63, 3.8) is 0 Å². The van der Waals surface area contributed by atoms with E-state index in [9.17, 15) is 5.11 Å². The Morgan fingerprint density at radius 2 is 2.06 bits per heavy atom. The molecule has 0 fully saturated rings. The lowest BCUT2D eigenvalue weighted by molar-refractivity contribution is 0.0884. The summed E-state index contributed by atoms with van der Waals surface area (Å²) in [5, 5.41) is 9.78. The van der Waals surface area contributed by atoms with Crippen LogP contribution in [0.4, 0.5) is 11.6 Å². The van der Waals surface area contributed by atoms with Crippen molar-refractivity contribution in [3.8, 4) is 0 Å². The number of hydrogen-bond acceptors (Lipinski definition) is 5. The first-order valence-electron chi connectivity index (χ1n) is 5.89. The maximum atomic E-state index is 9.78. The van der Waals surface area contributed by atoms with Crippen LogP contribution in [0.25, 0.3) is 0 Å². The van der Waals surface area contributed by atoms with Crippen LogP contribution >= 0.6 is 0 Å². The molecule has 0 aliphatic rings. The minimum Gasteiger partial charge on any atom is -0.389 e. The maximum absolute atomic E-state index is 9.78. The molecule has 0 amide bonds. The first-order chi connectivity index (χ1) is 7.81. The minimum atomic E-state index is -0.765. The third kappa shape index (κ3) is 4.56. The molecule has 0 aromatic carbocycles. The predicted octanol–water partition coefficient (Wildman–Crippen LogP) is 1.22. The number of rotatable bonds is 5. The van der Waals surface area contributed by atoms with Gasteiger partial charge in [0.25, 0.3) is 0 Å². The summed E-state index contributed by atoms with van der Waals surface area (Å²) in [7, 11) is 1.88. The van der Waals surface area contributed by atoms with E-state index in [1.807, 2.05) is 11.9 Å².